The monoisotopic (exact) mass is 352 g/mol. The second-order valence-corrected chi connectivity index (χ2v) is 6.05. The number of rotatable bonds is 4. The standard InChI is InChI=1S/C19H17ClN4O/c1-12-7-9-14(10-8-12)22-18(25)17-11-13(2)21-19(24-17)23-16-6-4-3-5-15(16)20/h3-11H,1-2H3,(H,22,25)(H,21,23,24). The van der Waals surface area contributed by atoms with E-state index in [0.29, 0.717) is 28.0 Å². The van der Waals surface area contributed by atoms with Gasteiger partial charge in [-0.25, -0.2) is 9.97 Å². The maximum Gasteiger partial charge on any atom is 0.274 e. The van der Waals surface area contributed by atoms with Gasteiger partial charge in [0.15, 0.2) is 0 Å². The van der Waals surface area contributed by atoms with Crippen molar-refractivity contribution in [1.82, 2.24) is 9.97 Å². The Hall–Kier alpha value is -2.92. The van der Waals surface area contributed by atoms with Crippen molar-refractivity contribution in [2.24, 2.45) is 0 Å². The third-order valence-electron chi connectivity index (χ3n) is 3.52. The normalized spacial score (nSPS) is 10.4. The van der Waals surface area contributed by atoms with Crippen LogP contribution < -0.4 is 10.6 Å². The summed E-state index contributed by atoms with van der Waals surface area (Å²) in [5.74, 6) is 0.0266. The molecule has 0 radical (unpaired) electrons. The minimum Gasteiger partial charge on any atom is -0.323 e. The van der Waals surface area contributed by atoms with Gasteiger partial charge in [0.05, 0.1) is 10.7 Å². The molecule has 1 amide bonds. The average molecular weight is 353 g/mol. The molecule has 25 heavy (non-hydrogen) atoms. The van der Waals surface area contributed by atoms with Gasteiger partial charge in [0, 0.05) is 11.4 Å². The Balaban J connectivity index is 1.82. The van der Waals surface area contributed by atoms with Crippen LogP contribution in [0.5, 0.6) is 0 Å². The lowest BCUT2D eigenvalue weighted by Crippen LogP contribution is -2.15. The van der Waals surface area contributed by atoms with Gasteiger partial charge in [-0.1, -0.05) is 41.4 Å². The lowest BCUT2D eigenvalue weighted by molar-refractivity contribution is 0.102. The first-order chi connectivity index (χ1) is 12.0. The van der Waals surface area contributed by atoms with Crippen LogP contribution in [0.1, 0.15) is 21.7 Å². The quantitative estimate of drug-likeness (QED) is 0.711. The molecule has 2 aromatic carbocycles. The molecule has 3 aromatic rings. The molecule has 0 aliphatic heterocycles. The summed E-state index contributed by atoms with van der Waals surface area (Å²) in [4.78, 5) is 21.1. The van der Waals surface area contributed by atoms with E-state index in [9.17, 15) is 4.79 Å². The lowest BCUT2D eigenvalue weighted by atomic mass is 10.2. The van der Waals surface area contributed by atoms with Crippen LogP contribution >= 0.6 is 11.6 Å². The summed E-state index contributed by atoms with van der Waals surface area (Å²) in [6.07, 6.45) is 0. The molecule has 1 aromatic heterocycles. The van der Waals surface area contributed by atoms with Crippen LogP contribution in [0.25, 0.3) is 0 Å². The van der Waals surface area contributed by atoms with Gasteiger partial charge in [0.2, 0.25) is 5.95 Å². The molecule has 3 rings (SSSR count). The van der Waals surface area contributed by atoms with Crippen molar-refractivity contribution in [3.05, 3.63) is 76.6 Å². The molecule has 1 heterocycles. The number of benzene rings is 2. The number of carbonyl (C=O) groups excluding carboxylic acids is 1. The predicted molar refractivity (Wildman–Crippen MR) is 101 cm³/mol. The van der Waals surface area contributed by atoms with E-state index in [1.165, 1.54) is 0 Å². The molecular weight excluding hydrogens is 336 g/mol. The van der Waals surface area contributed by atoms with Crippen LogP contribution in [-0.2, 0) is 0 Å². The number of halogens is 1. The number of aryl methyl sites for hydroxylation is 2. The van der Waals surface area contributed by atoms with Crippen molar-refractivity contribution in [3.63, 3.8) is 0 Å². The highest BCUT2D eigenvalue weighted by Gasteiger charge is 2.12. The number of hydrogen-bond donors (Lipinski definition) is 2. The van der Waals surface area contributed by atoms with E-state index < -0.39 is 0 Å². The molecule has 0 spiro atoms. The smallest absolute Gasteiger partial charge is 0.274 e. The Morgan fingerprint density at radius 1 is 1.00 bits per heavy atom. The number of nitrogens with one attached hydrogen (secondary N) is 2. The summed E-state index contributed by atoms with van der Waals surface area (Å²) < 4.78 is 0. The van der Waals surface area contributed by atoms with E-state index in [1.807, 2.05) is 56.3 Å². The fraction of sp³-hybridized carbons (Fsp3) is 0.105. The maximum atomic E-state index is 12.5. The Morgan fingerprint density at radius 3 is 2.44 bits per heavy atom. The van der Waals surface area contributed by atoms with Crippen molar-refractivity contribution < 1.29 is 4.79 Å². The fourth-order valence-corrected chi connectivity index (χ4v) is 2.44. The molecule has 0 atom stereocenters. The van der Waals surface area contributed by atoms with E-state index in [2.05, 4.69) is 20.6 Å². The molecule has 0 saturated heterocycles. The number of anilines is 3. The molecule has 0 bridgehead atoms. The van der Waals surface area contributed by atoms with Crippen LogP contribution in [0.2, 0.25) is 5.02 Å². The third-order valence-corrected chi connectivity index (χ3v) is 3.85. The van der Waals surface area contributed by atoms with Gasteiger partial charge in [-0.3, -0.25) is 4.79 Å². The summed E-state index contributed by atoms with van der Waals surface area (Å²) in [6.45, 7) is 3.80. The van der Waals surface area contributed by atoms with Crippen LogP contribution in [0.4, 0.5) is 17.3 Å². The Kier molecular flexibility index (Phi) is 4.95. The summed E-state index contributed by atoms with van der Waals surface area (Å²) in [5, 5.41) is 6.43. The summed E-state index contributed by atoms with van der Waals surface area (Å²) in [7, 11) is 0. The summed E-state index contributed by atoms with van der Waals surface area (Å²) in [6, 6.07) is 16.5. The first-order valence-electron chi connectivity index (χ1n) is 7.76. The first-order valence-corrected chi connectivity index (χ1v) is 8.14. The summed E-state index contributed by atoms with van der Waals surface area (Å²) >= 11 is 6.14. The van der Waals surface area contributed by atoms with Crippen molar-refractivity contribution in [3.8, 4) is 0 Å². The van der Waals surface area contributed by atoms with E-state index in [4.69, 9.17) is 11.6 Å². The van der Waals surface area contributed by atoms with Gasteiger partial charge in [-0.2, -0.15) is 0 Å². The van der Waals surface area contributed by atoms with Crippen molar-refractivity contribution in [2.45, 2.75) is 13.8 Å². The maximum absolute atomic E-state index is 12.5. The van der Waals surface area contributed by atoms with E-state index >= 15 is 0 Å². The molecule has 6 heteroatoms. The highest BCUT2D eigenvalue weighted by Crippen LogP contribution is 2.23. The number of hydrogen-bond acceptors (Lipinski definition) is 4. The van der Waals surface area contributed by atoms with Gasteiger partial charge < -0.3 is 10.6 Å². The zero-order valence-electron chi connectivity index (χ0n) is 13.9. The number of carbonyl (C=O) groups is 1. The molecule has 0 fully saturated rings. The second-order valence-electron chi connectivity index (χ2n) is 5.64. The summed E-state index contributed by atoms with van der Waals surface area (Å²) in [5.41, 5.74) is 3.48. The average Bonchev–Trinajstić information content (AvgIpc) is 2.58. The van der Waals surface area contributed by atoms with Gasteiger partial charge in [-0.15, -0.1) is 0 Å². The molecule has 126 valence electrons. The molecule has 0 aliphatic rings. The van der Waals surface area contributed by atoms with Crippen LogP contribution in [0.15, 0.2) is 54.6 Å². The highest BCUT2D eigenvalue weighted by atomic mass is 35.5. The molecular formula is C19H17ClN4O. The second kappa shape index (κ2) is 7.32. The number of nitrogens with zero attached hydrogens (tertiary/aromatic N) is 2. The van der Waals surface area contributed by atoms with Crippen LogP contribution in [0, 0.1) is 13.8 Å². The first kappa shape index (κ1) is 16.9. The largest absolute Gasteiger partial charge is 0.323 e. The highest BCUT2D eigenvalue weighted by molar-refractivity contribution is 6.33. The number of para-hydroxylation sites is 1. The van der Waals surface area contributed by atoms with E-state index in [-0.39, 0.29) is 11.6 Å². The molecule has 0 saturated carbocycles. The van der Waals surface area contributed by atoms with Gasteiger partial charge >= 0.3 is 0 Å². The van der Waals surface area contributed by atoms with E-state index in [0.717, 1.165) is 5.56 Å². The molecule has 2 N–H and O–H groups in total. The van der Waals surface area contributed by atoms with Gasteiger partial charge in [0.1, 0.15) is 5.69 Å². The van der Waals surface area contributed by atoms with Gasteiger partial charge in [-0.05, 0) is 44.2 Å². The van der Waals surface area contributed by atoms with Crippen molar-refractivity contribution >= 4 is 34.8 Å². The SMILES string of the molecule is Cc1ccc(NC(=O)c2cc(C)nc(Nc3ccccc3Cl)n2)cc1. The van der Waals surface area contributed by atoms with Crippen LogP contribution in [0.3, 0.4) is 0 Å². The van der Waals surface area contributed by atoms with Crippen LogP contribution in [-0.4, -0.2) is 15.9 Å². The van der Waals surface area contributed by atoms with E-state index in [1.54, 1.807) is 12.1 Å². The number of aromatic nitrogens is 2. The zero-order chi connectivity index (χ0) is 17.8. The third kappa shape index (κ3) is 4.33. The Bertz CT molecular complexity index is 910. The minimum atomic E-state index is -0.295. The fourth-order valence-electron chi connectivity index (χ4n) is 2.26. The zero-order valence-corrected chi connectivity index (χ0v) is 14.6. The Labute approximate surface area is 151 Å². The van der Waals surface area contributed by atoms with Crippen molar-refractivity contribution in [1.29, 1.82) is 0 Å². The Morgan fingerprint density at radius 2 is 1.72 bits per heavy atom. The van der Waals surface area contributed by atoms with Crippen molar-refractivity contribution in [2.75, 3.05) is 10.6 Å². The minimum absolute atomic E-state index is 0.280. The van der Waals surface area contributed by atoms with Gasteiger partial charge in [0.25, 0.3) is 5.91 Å². The molecule has 5 nitrogen and oxygen atoms in total. The number of amides is 1. The predicted octanol–water partition coefficient (Wildman–Crippen LogP) is 4.74. The lowest BCUT2D eigenvalue weighted by Gasteiger charge is -2.10. The topological polar surface area (TPSA) is 66.9 Å². The molecule has 0 aliphatic carbocycles. The molecule has 0 unspecified atom stereocenters.